The third kappa shape index (κ3) is 5.61. The van der Waals surface area contributed by atoms with Crippen LogP contribution in [0.15, 0.2) is 48.5 Å². The van der Waals surface area contributed by atoms with E-state index in [0.29, 0.717) is 22.8 Å². The second kappa shape index (κ2) is 9.79. The van der Waals surface area contributed by atoms with Crippen LogP contribution in [0.5, 0.6) is 5.75 Å². The van der Waals surface area contributed by atoms with Gasteiger partial charge >= 0.3 is 0 Å². The SMILES string of the molecule is CCCc1nnc(C(=O)Nc2ccc(C(=O)NCc3ccc(OC)cc3)cc2)s1. The van der Waals surface area contributed by atoms with Crippen LogP contribution >= 0.6 is 11.3 Å². The molecule has 0 atom stereocenters. The molecule has 0 radical (unpaired) electrons. The van der Waals surface area contributed by atoms with Gasteiger partial charge in [0.05, 0.1) is 7.11 Å². The lowest BCUT2D eigenvalue weighted by Gasteiger charge is -2.08. The molecule has 150 valence electrons. The number of aryl methyl sites for hydroxylation is 1. The number of nitrogens with one attached hydrogen (secondary N) is 2. The number of aromatic nitrogens is 2. The second-order valence-electron chi connectivity index (χ2n) is 6.31. The fraction of sp³-hybridized carbons (Fsp3) is 0.238. The zero-order valence-corrected chi connectivity index (χ0v) is 17.1. The lowest BCUT2D eigenvalue weighted by molar-refractivity contribution is 0.0950. The zero-order valence-electron chi connectivity index (χ0n) is 16.3. The van der Waals surface area contributed by atoms with Gasteiger partial charge < -0.3 is 15.4 Å². The predicted octanol–water partition coefficient (Wildman–Crippen LogP) is 3.68. The molecule has 0 aliphatic rings. The van der Waals surface area contributed by atoms with Gasteiger partial charge in [-0.05, 0) is 48.4 Å². The molecule has 1 heterocycles. The molecular formula is C21H22N4O3S. The first-order chi connectivity index (χ1) is 14.1. The van der Waals surface area contributed by atoms with E-state index < -0.39 is 0 Å². The van der Waals surface area contributed by atoms with Crippen LogP contribution in [-0.4, -0.2) is 29.1 Å². The van der Waals surface area contributed by atoms with Gasteiger partial charge in [0.15, 0.2) is 0 Å². The number of anilines is 1. The molecule has 2 aromatic carbocycles. The molecule has 0 fully saturated rings. The molecule has 2 amide bonds. The van der Waals surface area contributed by atoms with Crippen LogP contribution < -0.4 is 15.4 Å². The first-order valence-electron chi connectivity index (χ1n) is 9.24. The highest BCUT2D eigenvalue weighted by atomic mass is 32.1. The van der Waals surface area contributed by atoms with Crippen LogP contribution in [0.25, 0.3) is 0 Å². The van der Waals surface area contributed by atoms with E-state index in [1.54, 1.807) is 31.4 Å². The molecule has 0 saturated carbocycles. The molecule has 3 rings (SSSR count). The number of carbonyl (C=O) groups excluding carboxylic acids is 2. The summed E-state index contributed by atoms with van der Waals surface area (Å²) in [5.41, 5.74) is 2.08. The summed E-state index contributed by atoms with van der Waals surface area (Å²) in [5.74, 6) is 0.279. The quantitative estimate of drug-likeness (QED) is 0.591. The van der Waals surface area contributed by atoms with E-state index in [1.165, 1.54) is 11.3 Å². The highest BCUT2D eigenvalue weighted by Crippen LogP contribution is 2.16. The van der Waals surface area contributed by atoms with Crippen molar-refractivity contribution in [3.63, 3.8) is 0 Å². The molecule has 0 aliphatic heterocycles. The van der Waals surface area contributed by atoms with Crippen molar-refractivity contribution in [2.24, 2.45) is 0 Å². The number of amides is 2. The van der Waals surface area contributed by atoms with Gasteiger partial charge in [0.2, 0.25) is 5.01 Å². The minimum absolute atomic E-state index is 0.188. The molecule has 0 spiro atoms. The van der Waals surface area contributed by atoms with Gasteiger partial charge in [0, 0.05) is 24.2 Å². The number of hydrogen-bond donors (Lipinski definition) is 2. The van der Waals surface area contributed by atoms with Crippen molar-refractivity contribution in [3.8, 4) is 5.75 Å². The maximum absolute atomic E-state index is 12.3. The molecule has 8 heteroatoms. The second-order valence-corrected chi connectivity index (χ2v) is 7.38. The molecule has 29 heavy (non-hydrogen) atoms. The lowest BCUT2D eigenvalue weighted by atomic mass is 10.1. The number of ether oxygens (including phenoxy) is 1. The van der Waals surface area contributed by atoms with Crippen molar-refractivity contribution in [1.82, 2.24) is 15.5 Å². The van der Waals surface area contributed by atoms with Crippen LogP contribution in [0.1, 0.15) is 44.1 Å². The van der Waals surface area contributed by atoms with E-state index >= 15 is 0 Å². The highest BCUT2D eigenvalue weighted by molar-refractivity contribution is 7.13. The molecule has 0 unspecified atom stereocenters. The van der Waals surface area contributed by atoms with E-state index in [4.69, 9.17) is 4.74 Å². The summed E-state index contributed by atoms with van der Waals surface area (Å²) in [4.78, 5) is 24.6. The third-order valence-electron chi connectivity index (χ3n) is 4.14. The Morgan fingerprint density at radius 1 is 1.00 bits per heavy atom. The Hall–Kier alpha value is -3.26. The van der Waals surface area contributed by atoms with E-state index in [-0.39, 0.29) is 11.8 Å². The lowest BCUT2D eigenvalue weighted by Crippen LogP contribution is -2.22. The van der Waals surface area contributed by atoms with Gasteiger partial charge in [-0.3, -0.25) is 9.59 Å². The minimum Gasteiger partial charge on any atom is -0.497 e. The molecule has 0 aliphatic carbocycles. The third-order valence-corrected chi connectivity index (χ3v) is 5.12. The minimum atomic E-state index is -0.304. The standard InChI is InChI=1S/C21H22N4O3S/c1-3-4-18-24-25-21(29-18)20(27)23-16-9-7-15(8-10-16)19(26)22-13-14-5-11-17(28-2)12-6-14/h5-12H,3-4,13H2,1-2H3,(H,22,26)(H,23,27). The largest absolute Gasteiger partial charge is 0.497 e. The number of methoxy groups -OCH3 is 1. The van der Waals surface area contributed by atoms with E-state index in [0.717, 1.165) is 29.2 Å². The van der Waals surface area contributed by atoms with Crippen LogP contribution in [0, 0.1) is 0 Å². The number of benzene rings is 2. The number of hydrogen-bond acceptors (Lipinski definition) is 6. The summed E-state index contributed by atoms with van der Waals surface area (Å²) in [6, 6.07) is 14.2. The van der Waals surface area contributed by atoms with E-state index in [9.17, 15) is 9.59 Å². The zero-order chi connectivity index (χ0) is 20.6. The van der Waals surface area contributed by atoms with Crippen molar-refractivity contribution in [3.05, 3.63) is 69.7 Å². The fourth-order valence-electron chi connectivity index (χ4n) is 2.58. The molecule has 0 saturated heterocycles. The summed E-state index contributed by atoms with van der Waals surface area (Å²) < 4.78 is 5.12. The van der Waals surface area contributed by atoms with Crippen LogP contribution in [0.4, 0.5) is 5.69 Å². The van der Waals surface area contributed by atoms with Gasteiger partial charge in [0.25, 0.3) is 11.8 Å². The Morgan fingerprint density at radius 3 is 2.38 bits per heavy atom. The Kier molecular flexibility index (Phi) is 6.91. The molecule has 2 N–H and O–H groups in total. The van der Waals surface area contributed by atoms with E-state index in [1.807, 2.05) is 24.3 Å². The van der Waals surface area contributed by atoms with E-state index in [2.05, 4.69) is 27.8 Å². The predicted molar refractivity (Wildman–Crippen MR) is 112 cm³/mol. The smallest absolute Gasteiger partial charge is 0.286 e. The Morgan fingerprint density at radius 2 is 1.72 bits per heavy atom. The van der Waals surface area contributed by atoms with Crippen LogP contribution in [0.2, 0.25) is 0 Å². The van der Waals surface area contributed by atoms with Gasteiger partial charge in [-0.1, -0.05) is 30.4 Å². The summed E-state index contributed by atoms with van der Waals surface area (Å²) in [6.07, 6.45) is 1.77. The summed E-state index contributed by atoms with van der Waals surface area (Å²) in [5, 5.41) is 14.8. The molecule has 7 nitrogen and oxygen atoms in total. The maximum Gasteiger partial charge on any atom is 0.286 e. The van der Waals surface area contributed by atoms with Crippen molar-refractivity contribution in [2.75, 3.05) is 12.4 Å². The Balaban J connectivity index is 1.54. The summed E-state index contributed by atoms with van der Waals surface area (Å²) in [6.45, 7) is 2.47. The number of nitrogens with zero attached hydrogens (tertiary/aromatic N) is 2. The average Bonchev–Trinajstić information content (AvgIpc) is 3.22. The van der Waals surface area contributed by atoms with Crippen molar-refractivity contribution in [2.45, 2.75) is 26.3 Å². The number of carbonyl (C=O) groups is 2. The normalized spacial score (nSPS) is 10.4. The summed E-state index contributed by atoms with van der Waals surface area (Å²) in [7, 11) is 1.61. The van der Waals surface area contributed by atoms with Gasteiger partial charge in [-0.15, -0.1) is 10.2 Å². The van der Waals surface area contributed by atoms with Crippen LogP contribution in [-0.2, 0) is 13.0 Å². The molecular weight excluding hydrogens is 388 g/mol. The average molecular weight is 410 g/mol. The molecule has 1 aromatic heterocycles. The first kappa shape index (κ1) is 20.5. The van der Waals surface area contributed by atoms with Gasteiger partial charge in [0.1, 0.15) is 10.8 Å². The van der Waals surface area contributed by atoms with Crippen molar-refractivity contribution in [1.29, 1.82) is 0 Å². The summed E-state index contributed by atoms with van der Waals surface area (Å²) >= 11 is 1.29. The van der Waals surface area contributed by atoms with Gasteiger partial charge in [-0.25, -0.2) is 0 Å². The van der Waals surface area contributed by atoms with Gasteiger partial charge in [-0.2, -0.15) is 0 Å². The molecule has 0 bridgehead atoms. The first-order valence-corrected chi connectivity index (χ1v) is 10.1. The van der Waals surface area contributed by atoms with Crippen molar-refractivity contribution < 1.29 is 14.3 Å². The highest BCUT2D eigenvalue weighted by Gasteiger charge is 2.13. The Labute approximate surface area is 173 Å². The van der Waals surface area contributed by atoms with Crippen molar-refractivity contribution >= 4 is 28.8 Å². The topological polar surface area (TPSA) is 93.2 Å². The molecule has 3 aromatic rings. The van der Waals surface area contributed by atoms with Crippen LogP contribution in [0.3, 0.4) is 0 Å². The number of rotatable bonds is 8. The monoisotopic (exact) mass is 410 g/mol. The maximum atomic E-state index is 12.3. The Bertz CT molecular complexity index is 968. The fourth-order valence-corrected chi connectivity index (χ4v) is 3.41.